The average Bonchev–Trinajstić information content (AvgIpc) is 2.34. The van der Waals surface area contributed by atoms with Gasteiger partial charge in [-0.05, 0) is 44.0 Å². The number of methoxy groups -OCH3 is 1. The zero-order valence-corrected chi connectivity index (χ0v) is 10.9. The van der Waals surface area contributed by atoms with E-state index in [4.69, 9.17) is 4.74 Å². The number of hydrogen-bond donors (Lipinski definition) is 1. The molecule has 0 radical (unpaired) electrons. The second kappa shape index (κ2) is 7.28. The van der Waals surface area contributed by atoms with E-state index in [1.54, 1.807) is 12.1 Å². The van der Waals surface area contributed by atoms with Crippen molar-refractivity contribution < 1.29 is 9.13 Å². The highest BCUT2D eigenvalue weighted by molar-refractivity contribution is 5.29. The first-order valence-electron chi connectivity index (χ1n) is 6.21. The van der Waals surface area contributed by atoms with E-state index in [0.29, 0.717) is 11.8 Å². The molecule has 0 fully saturated rings. The third kappa shape index (κ3) is 4.35. The molecule has 1 N–H and O–H groups in total. The molecular weight excluding hydrogens is 217 g/mol. The molecule has 0 aliphatic heterocycles. The standard InChI is InChI=1S/C14H22FNO/c1-4-5-12(16-2)8-6-11-7-9-14(17-3)13(15)10-11/h7,9-10,12,16H,4-6,8H2,1-3H3. The fourth-order valence-corrected chi connectivity index (χ4v) is 1.99. The zero-order valence-electron chi connectivity index (χ0n) is 10.9. The van der Waals surface area contributed by atoms with Crippen LogP contribution >= 0.6 is 0 Å². The minimum Gasteiger partial charge on any atom is -0.494 e. The molecule has 1 atom stereocenters. The summed E-state index contributed by atoms with van der Waals surface area (Å²) in [5.41, 5.74) is 1.03. The lowest BCUT2D eigenvalue weighted by Crippen LogP contribution is -2.25. The van der Waals surface area contributed by atoms with E-state index in [1.165, 1.54) is 13.5 Å². The maximum atomic E-state index is 13.5. The lowest BCUT2D eigenvalue weighted by molar-refractivity contribution is 0.386. The molecule has 0 saturated heterocycles. The monoisotopic (exact) mass is 239 g/mol. The van der Waals surface area contributed by atoms with Gasteiger partial charge >= 0.3 is 0 Å². The van der Waals surface area contributed by atoms with Gasteiger partial charge in [0.05, 0.1) is 7.11 Å². The number of benzene rings is 1. The van der Waals surface area contributed by atoms with E-state index in [2.05, 4.69) is 12.2 Å². The van der Waals surface area contributed by atoms with Crippen LogP contribution in [-0.2, 0) is 6.42 Å². The molecule has 0 saturated carbocycles. The number of halogens is 1. The Bertz CT molecular complexity index is 341. The topological polar surface area (TPSA) is 21.3 Å². The van der Waals surface area contributed by atoms with Gasteiger partial charge in [-0.1, -0.05) is 19.4 Å². The van der Waals surface area contributed by atoms with Gasteiger partial charge in [0.25, 0.3) is 0 Å². The second-order valence-electron chi connectivity index (χ2n) is 4.28. The fraction of sp³-hybridized carbons (Fsp3) is 0.571. The predicted molar refractivity (Wildman–Crippen MR) is 69.0 cm³/mol. The van der Waals surface area contributed by atoms with Crippen molar-refractivity contribution in [3.05, 3.63) is 29.6 Å². The van der Waals surface area contributed by atoms with E-state index in [9.17, 15) is 4.39 Å². The maximum absolute atomic E-state index is 13.5. The normalized spacial score (nSPS) is 12.5. The summed E-state index contributed by atoms with van der Waals surface area (Å²) in [6.07, 6.45) is 4.26. The molecular formula is C14H22FNO. The third-order valence-electron chi connectivity index (χ3n) is 3.04. The summed E-state index contributed by atoms with van der Waals surface area (Å²) in [5.74, 6) is 0.0361. The molecule has 1 aromatic rings. The van der Waals surface area contributed by atoms with Crippen LogP contribution in [0.15, 0.2) is 18.2 Å². The van der Waals surface area contributed by atoms with E-state index in [0.717, 1.165) is 24.8 Å². The van der Waals surface area contributed by atoms with Gasteiger partial charge in [0.2, 0.25) is 0 Å². The zero-order chi connectivity index (χ0) is 12.7. The Morgan fingerprint density at radius 3 is 2.65 bits per heavy atom. The third-order valence-corrected chi connectivity index (χ3v) is 3.04. The van der Waals surface area contributed by atoms with Crippen LogP contribution in [0.5, 0.6) is 5.75 Å². The molecule has 1 aromatic carbocycles. The number of nitrogens with one attached hydrogen (secondary N) is 1. The van der Waals surface area contributed by atoms with Crippen LogP contribution in [0.2, 0.25) is 0 Å². The smallest absolute Gasteiger partial charge is 0.165 e. The van der Waals surface area contributed by atoms with Gasteiger partial charge in [0.15, 0.2) is 11.6 Å². The number of rotatable bonds is 7. The first kappa shape index (κ1) is 14.0. The van der Waals surface area contributed by atoms with Gasteiger partial charge in [0, 0.05) is 6.04 Å². The highest BCUT2D eigenvalue weighted by Crippen LogP contribution is 2.19. The lowest BCUT2D eigenvalue weighted by atomic mass is 10.0. The summed E-state index contributed by atoms with van der Waals surface area (Å²) in [4.78, 5) is 0. The molecule has 1 unspecified atom stereocenters. The minimum absolute atomic E-state index is 0.276. The minimum atomic E-state index is -0.276. The summed E-state index contributed by atoms with van der Waals surface area (Å²) in [6, 6.07) is 5.71. The second-order valence-corrected chi connectivity index (χ2v) is 4.28. The van der Waals surface area contributed by atoms with Gasteiger partial charge in [-0.3, -0.25) is 0 Å². The largest absolute Gasteiger partial charge is 0.494 e. The molecule has 0 aliphatic rings. The molecule has 1 rings (SSSR count). The van der Waals surface area contributed by atoms with Crippen LogP contribution in [0.1, 0.15) is 31.7 Å². The quantitative estimate of drug-likeness (QED) is 0.789. The Balaban J connectivity index is 2.54. The Hall–Kier alpha value is -1.09. The fourth-order valence-electron chi connectivity index (χ4n) is 1.99. The predicted octanol–water partition coefficient (Wildman–Crippen LogP) is 3.16. The summed E-state index contributed by atoms with van der Waals surface area (Å²) in [6.45, 7) is 2.18. The number of ether oxygens (including phenoxy) is 1. The SMILES string of the molecule is CCCC(CCc1ccc(OC)c(F)c1)NC. The van der Waals surface area contributed by atoms with Crippen LogP contribution in [0, 0.1) is 5.82 Å². The van der Waals surface area contributed by atoms with Crippen molar-refractivity contribution in [3.63, 3.8) is 0 Å². The van der Waals surface area contributed by atoms with E-state index >= 15 is 0 Å². The first-order valence-corrected chi connectivity index (χ1v) is 6.21. The molecule has 17 heavy (non-hydrogen) atoms. The Kier molecular flexibility index (Phi) is 5.98. The van der Waals surface area contributed by atoms with Crippen molar-refractivity contribution in [1.82, 2.24) is 5.32 Å². The lowest BCUT2D eigenvalue weighted by Gasteiger charge is -2.15. The highest BCUT2D eigenvalue weighted by Gasteiger charge is 2.07. The Morgan fingerprint density at radius 2 is 2.12 bits per heavy atom. The van der Waals surface area contributed by atoms with Crippen LogP contribution in [0.3, 0.4) is 0 Å². The molecule has 3 heteroatoms. The van der Waals surface area contributed by atoms with Crippen molar-refractivity contribution >= 4 is 0 Å². The van der Waals surface area contributed by atoms with Crippen molar-refractivity contribution in [2.24, 2.45) is 0 Å². The van der Waals surface area contributed by atoms with Crippen LogP contribution in [0.4, 0.5) is 4.39 Å². The van der Waals surface area contributed by atoms with Crippen LogP contribution < -0.4 is 10.1 Å². The van der Waals surface area contributed by atoms with Gasteiger partial charge in [-0.15, -0.1) is 0 Å². The van der Waals surface area contributed by atoms with E-state index in [1.807, 2.05) is 13.1 Å². The average molecular weight is 239 g/mol. The van der Waals surface area contributed by atoms with Crippen LogP contribution in [0.25, 0.3) is 0 Å². The molecule has 0 heterocycles. The summed E-state index contributed by atoms with van der Waals surface area (Å²) >= 11 is 0. The molecule has 0 bridgehead atoms. The molecule has 96 valence electrons. The molecule has 0 aliphatic carbocycles. The van der Waals surface area contributed by atoms with Crippen molar-refractivity contribution in [2.45, 2.75) is 38.6 Å². The van der Waals surface area contributed by atoms with Crippen molar-refractivity contribution in [2.75, 3.05) is 14.2 Å². The van der Waals surface area contributed by atoms with Crippen LogP contribution in [-0.4, -0.2) is 20.2 Å². The molecule has 0 spiro atoms. The van der Waals surface area contributed by atoms with Gasteiger partial charge in [0.1, 0.15) is 0 Å². The maximum Gasteiger partial charge on any atom is 0.165 e. The van der Waals surface area contributed by atoms with Crippen molar-refractivity contribution in [3.8, 4) is 5.75 Å². The molecule has 0 amide bonds. The van der Waals surface area contributed by atoms with Gasteiger partial charge < -0.3 is 10.1 Å². The molecule has 0 aromatic heterocycles. The highest BCUT2D eigenvalue weighted by atomic mass is 19.1. The number of aryl methyl sites for hydroxylation is 1. The Morgan fingerprint density at radius 1 is 1.35 bits per heavy atom. The summed E-state index contributed by atoms with van der Waals surface area (Å²) in [5, 5.41) is 3.29. The van der Waals surface area contributed by atoms with Gasteiger partial charge in [-0.2, -0.15) is 0 Å². The van der Waals surface area contributed by atoms with E-state index < -0.39 is 0 Å². The van der Waals surface area contributed by atoms with Gasteiger partial charge in [-0.25, -0.2) is 4.39 Å². The summed E-state index contributed by atoms with van der Waals surface area (Å²) < 4.78 is 18.4. The van der Waals surface area contributed by atoms with Crippen molar-refractivity contribution in [1.29, 1.82) is 0 Å². The first-order chi connectivity index (χ1) is 8.21. The molecule has 2 nitrogen and oxygen atoms in total. The van der Waals surface area contributed by atoms with E-state index in [-0.39, 0.29) is 5.82 Å². The Labute approximate surface area is 103 Å². The summed E-state index contributed by atoms with van der Waals surface area (Å²) in [7, 11) is 3.46. The number of hydrogen-bond acceptors (Lipinski definition) is 2.